The van der Waals surface area contributed by atoms with Gasteiger partial charge in [-0.1, -0.05) is 35.2 Å². The summed E-state index contributed by atoms with van der Waals surface area (Å²) in [6.07, 6.45) is 6.63. The number of anilines is 1. The minimum absolute atomic E-state index is 0.0276. The summed E-state index contributed by atoms with van der Waals surface area (Å²) in [6, 6.07) is 10.2. The lowest BCUT2D eigenvalue weighted by molar-refractivity contribution is -0.112. The summed E-state index contributed by atoms with van der Waals surface area (Å²) in [5.41, 5.74) is 1.62. The number of nitriles is 1. The second kappa shape index (κ2) is 10.4. The highest BCUT2D eigenvalue weighted by molar-refractivity contribution is 6.32. The number of hydrogen-bond donors (Lipinski definition) is 1. The second-order valence-corrected chi connectivity index (χ2v) is 6.61. The van der Waals surface area contributed by atoms with E-state index in [1.54, 1.807) is 37.3 Å². The number of amides is 1. The average Bonchev–Trinajstić information content (AvgIpc) is 2.69. The third-order valence-electron chi connectivity index (χ3n) is 3.82. The zero-order chi connectivity index (χ0) is 21.4. The predicted molar refractivity (Wildman–Crippen MR) is 115 cm³/mol. The topological polar surface area (TPSA) is 71.3 Å². The summed E-state index contributed by atoms with van der Waals surface area (Å²) < 4.78 is 11.0. The van der Waals surface area contributed by atoms with Crippen LogP contribution in [0.4, 0.5) is 5.69 Å². The molecule has 0 unspecified atom stereocenters. The number of nitrogens with one attached hydrogen (secondary N) is 1. The Bertz CT molecular complexity index is 1030. The fourth-order valence-corrected chi connectivity index (χ4v) is 2.88. The number of ether oxygens (including phenoxy) is 2. The van der Waals surface area contributed by atoms with E-state index in [1.165, 1.54) is 6.08 Å². The van der Waals surface area contributed by atoms with Crippen molar-refractivity contribution in [2.75, 3.05) is 18.5 Å². The third kappa shape index (κ3) is 5.68. The largest absolute Gasteiger partial charge is 0.490 e. The molecule has 0 spiro atoms. The summed E-state index contributed by atoms with van der Waals surface area (Å²) in [7, 11) is 0. The first-order valence-electron chi connectivity index (χ1n) is 8.62. The lowest BCUT2D eigenvalue weighted by atomic mass is 10.1. The molecular formula is C22H18Cl2N2O3. The number of rotatable bonds is 7. The highest BCUT2D eigenvalue weighted by atomic mass is 35.5. The first-order valence-corrected chi connectivity index (χ1v) is 9.37. The van der Waals surface area contributed by atoms with Crippen molar-refractivity contribution in [1.82, 2.24) is 0 Å². The standard InChI is InChI=1S/C22H18Cl2N2O3/c1-4-9-29-21-18(24)11-15(12-20(21)28-5-2)10-16(13-25)22(27)26-19-8-6-7-17(23)14(19)3/h1,6-8,10-12H,5,9H2,2-3H3,(H,26,27). The van der Waals surface area contributed by atoms with Gasteiger partial charge in [0.1, 0.15) is 18.2 Å². The van der Waals surface area contributed by atoms with Crippen LogP contribution in [0.5, 0.6) is 11.5 Å². The molecule has 0 bridgehead atoms. The van der Waals surface area contributed by atoms with Crippen molar-refractivity contribution in [3.63, 3.8) is 0 Å². The van der Waals surface area contributed by atoms with Gasteiger partial charge in [0.2, 0.25) is 0 Å². The molecule has 1 amide bonds. The first kappa shape index (κ1) is 22.2. The fraction of sp³-hybridized carbons (Fsp3) is 0.182. The second-order valence-electron chi connectivity index (χ2n) is 5.79. The quantitative estimate of drug-likeness (QED) is 0.370. The molecule has 2 aromatic carbocycles. The molecular weight excluding hydrogens is 411 g/mol. The number of benzene rings is 2. The molecule has 7 heteroatoms. The van der Waals surface area contributed by atoms with Gasteiger partial charge in [-0.05, 0) is 55.3 Å². The van der Waals surface area contributed by atoms with Crippen LogP contribution in [-0.2, 0) is 4.79 Å². The van der Waals surface area contributed by atoms with Crippen LogP contribution in [0.25, 0.3) is 6.08 Å². The van der Waals surface area contributed by atoms with Gasteiger partial charge in [0.15, 0.2) is 11.5 Å². The smallest absolute Gasteiger partial charge is 0.266 e. The van der Waals surface area contributed by atoms with Crippen LogP contribution in [0.2, 0.25) is 10.0 Å². The molecule has 0 heterocycles. The molecule has 0 fully saturated rings. The SMILES string of the molecule is C#CCOc1c(Cl)cc(C=C(C#N)C(=O)Nc2cccc(Cl)c2C)cc1OCC. The van der Waals surface area contributed by atoms with Crippen molar-refractivity contribution in [2.24, 2.45) is 0 Å². The molecule has 1 N–H and O–H groups in total. The Morgan fingerprint density at radius 2 is 2.03 bits per heavy atom. The van der Waals surface area contributed by atoms with E-state index >= 15 is 0 Å². The summed E-state index contributed by atoms with van der Waals surface area (Å²) in [5.74, 6) is 2.46. The Kier molecular flexibility index (Phi) is 7.98. The van der Waals surface area contributed by atoms with Crippen molar-refractivity contribution in [3.05, 3.63) is 57.1 Å². The lowest BCUT2D eigenvalue weighted by Gasteiger charge is -2.13. The van der Waals surface area contributed by atoms with Gasteiger partial charge in [0.25, 0.3) is 5.91 Å². The predicted octanol–water partition coefficient (Wildman–Crippen LogP) is 5.26. The van der Waals surface area contributed by atoms with Crippen molar-refractivity contribution >= 4 is 40.9 Å². The molecule has 5 nitrogen and oxygen atoms in total. The minimum atomic E-state index is -0.570. The van der Waals surface area contributed by atoms with E-state index in [4.69, 9.17) is 39.1 Å². The molecule has 0 aliphatic rings. The summed E-state index contributed by atoms with van der Waals surface area (Å²) >= 11 is 12.4. The number of halogens is 2. The van der Waals surface area contributed by atoms with Crippen LogP contribution in [0, 0.1) is 30.6 Å². The molecule has 0 saturated heterocycles. The molecule has 29 heavy (non-hydrogen) atoms. The van der Waals surface area contributed by atoms with Gasteiger partial charge in [0.05, 0.1) is 11.6 Å². The maximum absolute atomic E-state index is 12.6. The van der Waals surface area contributed by atoms with Gasteiger partial charge in [-0.3, -0.25) is 4.79 Å². The maximum Gasteiger partial charge on any atom is 0.266 e. The normalized spacial score (nSPS) is 10.6. The van der Waals surface area contributed by atoms with E-state index in [-0.39, 0.29) is 17.2 Å². The molecule has 0 aromatic heterocycles. The minimum Gasteiger partial charge on any atom is -0.490 e. The average molecular weight is 429 g/mol. The molecule has 148 valence electrons. The summed E-state index contributed by atoms with van der Waals surface area (Å²) in [4.78, 5) is 12.6. The van der Waals surface area contributed by atoms with Gasteiger partial charge in [0, 0.05) is 10.7 Å². The van der Waals surface area contributed by atoms with Crippen molar-refractivity contribution in [1.29, 1.82) is 5.26 Å². The van der Waals surface area contributed by atoms with Crippen molar-refractivity contribution in [3.8, 4) is 29.9 Å². The molecule has 0 radical (unpaired) electrons. The summed E-state index contributed by atoms with van der Waals surface area (Å²) in [5, 5.41) is 12.9. The number of hydrogen-bond acceptors (Lipinski definition) is 4. The Morgan fingerprint density at radius 3 is 2.69 bits per heavy atom. The van der Waals surface area contributed by atoms with E-state index < -0.39 is 5.91 Å². The van der Waals surface area contributed by atoms with Crippen LogP contribution < -0.4 is 14.8 Å². The van der Waals surface area contributed by atoms with E-state index in [0.29, 0.717) is 39.9 Å². The van der Waals surface area contributed by atoms with Crippen LogP contribution >= 0.6 is 23.2 Å². The van der Waals surface area contributed by atoms with E-state index in [0.717, 1.165) is 0 Å². The van der Waals surface area contributed by atoms with Crippen molar-refractivity contribution < 1.29 is 14.3 Å². The summed E-state index contributed by atoms with van der Waals surface area (Å²) in [6.45, 7) is 3.98. The fourth-order valence-electron chi connectivity index (χ4n) is 2.44. The van der Waals surface area contributed by atoms with Gasteiger partial charge < -0.3 is 14.8 Å². The highest BCUT2D eigenvalue weighted by Crippen LogP contribution is 2.37. The van der Waals surface area contributed by atoms with Gasteiger partial charge in [-0.25, -0.2) is 0 Å². The first-order chi connectivity index (χ1) is 13.9. The Labute approximate surface area is 179 Å². The van der Waals surface area contributed by atoms with Crippen LogP contribution in [0.15, 0.2) is 35.9 Å². The third-order valence-corrected chi connectivity index (χ3v) is 4.51. The molecule has 0 aliphatic carbocycles. The van der Waals surface area contributed by atoms with Crippen molar-refractivity contribution in [2.45, 2.75) is 13.8 Å². The van der Waals surface area contributed by atoms with Crippen LogP contribution in [-0.4, -0.2) is 19.1 Å². The van der Waals surface area contributed by atoms with Gasteiger partial charge in [-0.15, -0.1) is 6.42 Å². The Hall–Kier alpha value is -3.12. The monoisotopic (exact) mass is 428 g/mol. The number of nitrogens with zero attached hydrogens (tertiary/aromatic N) is 1. The molecule has 0 atom stereocenters. The molecule has 2 aromatic rings. The van der Waals surface area contributed by atoms with Gasteiger partial charge in [-0.2, -0.15) is 5.26 Å². The highest BCUT2D eigenvalue weighted by Gasteiger charge is 2.15. The zero-order valence-electron chi connectivity index (χ0n) is 15.9. The Morgan fingerprint density at radius 1 is 1.28 bits per heavy atom. The molecule has 0 aliphatic heterocycles. The maximum atomic E-state index is 12.6. The van der Waals surface area contributed by atoms with Gasteiger partial charge >= 0.3 is 0 Å². The van der Waals surface area contributed by atoms with E-state index in [1.807, 2.05) is 13.0 Å². The molecule has 2 rings (SSSR count). The van der Waals surface area contributed by atoms with E-state index in [9.17, 15) is 10.1 Å². The lowest BCUT2D eigenvalue weighted by Crippen LogP contribution is -2.14. The number of carbonyl (C=O) groups is 1. The van der Waals surface area contributed by atoms with Crippen LogP contribution in [0.1, 0.15) is 18.1 Å². The number of carbonyl (C=O) groups excluding carboxylic acids is 1. The van der Waals surface area contributed by atoms with E-state index in [2.05, 4.69) is 11.2 Å². The Balaban J connectivity index is 2.36. The zero-order valence-corrected chi connectivity index (χ0v) is 17.4. The number of terminal acetylenes is 1. The van der Waals surface area contributed by atoms with Crippen LogP contribution in [0.3, 0.4) is 0 Å². The molecule has 0 saturated carbocycles.